The molecule has 0 saturated carbocycles. The second kappa shape index (κ2) is 6.31. The number of rotatable bonds is 5. The number of benzene rings is 1. The van der Waals surface area contributed by atoms with Crippen molar-refractivity contribution in [3.8, 4) is 5.75 Å². The number of halogens is 2. The highest BCUT2D eigenvalue weighted by atomic mass is 79.9. The molecular formula is C11H14BrClO. The van der Waals surface area contributed by atoms with Gasteiger partial charge in [0.15, 0.2) is 0 Å². The zero-order valence-corrected chi connectivity index (χ0v) is 10.5. The van der Waals surface area contributed by atoms with Gasteiger partial charge in [0.25, 0.3) is 0 Å². The van der Waals surface area contributed by atoms with E-state index in [-0.39, 0.29) is 4.29 Å². The first-order valence-corrected chi connectivity index (χ1v) is 6.10. The first-order chi connectivity index (χ1) is 6.74. The van der Waals surface area contributed by atoms with E-state index < -0.39 is 0 Å². The molecule has 0 amide bonds. The molecule has 0 spiro atoms. The molecule has 1 aromatic rings. The van der Waals surface area contributed by atoms with Crippen LogP contribution >= 0.6 is 27.5 Å². The Bertz CT molecular complexity index is 276. The highest BCUT2D eigenvalue weighted by molar-refractivity contribution is 9.09. The predicted octanol–water partition coefficient (Wildman–Crippen LogP) is 4.50. The largest absolute Gasteiger partial charge is 0.494 e. The minimum Gasteiger partial charge on any atom is -0.494 e. The molecule has 3 heteroatoms. The summed E-state index contributed by atoms with van der Waals surface area (Å²) in [6.45, 7) is 2.92. The van der Waals surface area contributed by atoms with E-state index in [4.69, 9.17) is 16.3 Å². The summed E-state index contributed by atoms with van der Waals surface area (Å²) in [4.78, 5) is 0. The molecule has 0 saturated heterocycles. The van der Waals surface area contributed by atoms with E-state index in [9.17, 15) is 0 Å². The standard InChI is InChI=1S/C11H14BrClO/c1-2-3-7-14-10-6-4-5-9(8-10)11(12)13/h4-6,8,11H,2-3,7H2,1H3. The minimum atomic E-state index is -0.141. The number of alkyl halides is 2. The normalized spacial score (nSPS) is 12.5. The van der Waals surface area contributed by atoms with Gasteiger partial charge in [0.1, 0.15) is 10.0 Å². The lowest BCUT2D eigenvalue weighted by Gasteiger charge is -2.07. The summed E-state index contributed by atoms with van der Waals surface area (Å²) in [6.07, 6.45) is 2.24. The van der Waals surface area contributed by atoms with Crippen molar-refractivity contribution in [2.24, 2.45) is 0 Å². The van der Waals surface area contributed by atoms with E-state index in [1.165, 1.54) is 0 Å². The molecule has 0 aliphatic rings. The van der Waals surface area contributed by atoms with E-state index >= 15 is 0 Å². The average molecular weight is 278 g/mol. The van der Waals surface area contributed by atoms with E-state index in [1.807, 2.05) is 24.3 Å². The highest BCUT2D eigenvalue weighted by Crippen LogP contribution is 2.29. The summed E-state index contributed by atoms with van der Waals surface area (Å²) in [5.41, 5.74) is 1.03. The molecule has 0 heterocycles. The lowest BCUT2D eigenvalue weighted by atomic mass is 10.2. The molecule has 78 valence electrons. The molecule has 1 rings (SSSR count). The van der Waals surface area contributed by atoms with Crippen LogP contribution < -0.4 is 4.74 Å². The molecule has 1 atom stereocenters. The van der Waals surface area contributed by atoms with Gasteiger partial charge in [0.2, 0.25) is 0 Å². The summed E-state index contributed by atoms with van der Waals surface area (Å²) >= 11 is 9.21. The van der Waals surface area contributed by atoms with Crippen LogP contribution in [0, 0.1) is 0 Å². The van der Waals surface area contributed by atoms with Crippen LogP contribution in [0.15, 0.2) is 24.3 Å². The van der Waals surface area contributed by atoms with Crippen molar-refractivity contribution < 1.29 is 4.74 Å². The molecule has 0 N–H and O–H groups in total. The zero-order chi connectivity index (χ0) is 10.4. The van der Waals surface area contributed by atoms with Gasteiger partial charge < -0.3 is 4.74 Å². The SMILES string of the molecule is CCCCOc1cccc(C(Cl)Br)c1. The fraction of sp³-hybridized carbons (Fsp3) is 0.455. The maximum Gasteiger partial charge on any atom is 0.119 e. The summed E-state index contributed by atoms with van der Waals surface area (Å²) in [7, 11) is 0. The molecule has 0 aromatic heterocycles. The van der Waals surface area contributed by atoms with Crippen molar-refractivity contribution in [2.75, 3.05) is 6.61 Å². The van der Waals surface area contributed by atoms with Crippen molar-refractivity contribution in [3.63, 3.8) is 0 Å². The summed E-state index contributed by atoms with van der Waals surface area (Å²) in [6, 6.07) is 7.83. The van der Waals surface area contributed by atoms with Crippen LogP contribution in [0.4, 0.5) is 0 Å². The van der Waals surface area contributed by atoms with Crippen molar-refractivity contribution >= 4 is 27.5 Å². The lowest BCUT2D eigenvalue weighted by molar-refractivity contribution is 0.309. The van der Waals surface area contributed by atoms with Gasteiger partial charge >= 0.3 is 0 Å². The monoisotopic (exact) mass is 276 g/mol. The first kappa shape index (κ1) is 11.9. The summed E-state index contributed by atoms with van der Waals surface area (Å²) in [5, 5.41) is 0. The predicted molar refractivity (Wildman–Crippen MR) is 64.4 cm³/mol. The number of ether oxygens (including phenoxy) is 1. The number of hydrogen-bond acceptors (Lipinski definition) is 1. The molecular weight excluding hydrogens is 263 g/mol. The molecule has 0 radical (unpaired) electrons. The van der Waals surface area contributed by atoms with Crippen LogP contribution in [-0.2, 0) is 0 Å². The van der Waals surface area contributed by atoms with Gasteiger partial charge in [-0.3, -0.25) is 0 Å². The van der Waals surface area contributed by atoms with Crippen LogP contribution in [0.1, 0.15) is 29.6 Å². The van der Waals surface area contributed by atoms with Gasteiger partial charge in [-0.2, -0.15) is 0 Å². The Morgan fingerprint density at radius 1 is 1.50 bits per heavy atom. The Morgan fingerprint density at radius 2 is 2.29 bits per heavy atom. The van der Waals surface area contributed by atoms with E-state index in [0.717, 1.165) is 30.8 Å². The van der Waals surface area contributed by atoms with Crippen LogP contribution in [-0.4, -0.2) is 6.61 Å². The zero-order valence-electron chi connectivity index (χ0n) is 8.17. The second-order valence-electron chi connectivity index (χ2n) is 3.08. The van der Waals surface area contributed by atoms with Crippen LogP contribution in [0.3, 0.4) is 0 Å². The summed E-state index contributed by atoms with van der Waals surface area (Å²) < 4.78 is 5.42. The molecule has 1 nitrogen and oxygen atoms in total. The molecule has 0 bridgehead atoms. The molecule has 0 aliphatic heterocycles. The second-order valence-corrected chi connectivity index (χ2v) is 4.95. The maximum absolute atomic E-state index is 5.90. The van der Waals surface area contributed by atoms with Gasteiger partial charge in [-0.25, -0.2) is 0 Å². The molecule has 1 unspecified atom stereocenters. The number of hydrogen-bond donors (Lipinski definition) is 0. The molecule has 1 aromatic carbocycles. The third kappa shape index (κ3) is 3.89. The maximum atomic E-state index is 5.90. The Hall–Kier alpha value is -0.210. The van der Waals surface area contributed by atoms with Gasteiger partial charge in [-0.05, 0) is 24.1 Å². The fourth-order valence-corrected chi connectivity index (χ4v) is 1.49. The van der Waals surface area contributed by atoms with Crippen molar-refractivity contribution in [3.05, 3.63) is 29.8 Å². The third-order valence-corrected chi connectivity index (χ3v) is 2.66. The van der Waals surface area contributed by atoms with E-state index in [0.29, 0.717) is 0 Å². The first-order valence-electron chi connectivity index (χ1n) is 4.75. The smallest absolute Gasteiger partial charge is 0.119 e. The van der Waals surface area contributed by atoms with Gasteiger partial charge in [0.05, 0.1) is 6.61 Å². The number of unbranched alkanes of at least 4 members (excludes halogenated alkanes) is 1. The molecule has 0 aliphatic carbocycles. The Labute approximate surface area is 98.5 Å². The average Bonchev–Trinajstić information content (AvgIpc) is 2.19. The Balaban J connectivity index is 2.55. The van der Waals surface area contributed by atoms with Crippen LogP contribution in [0.25, 0.3) is 0 Å². The van der Waals surface area contributed by atoms with Gasteiger partial charge in [-0.15, -0.1) is 11.6 Å². The van der Waals surface area contributed by atoms with Crippen molar-refractivity contribution in [1.82, 2.24) is 0 Å². The molecule has 0 fully saturated rings. The Morgan fingerprint density at radius 3 is 2.93 bits per heavy atom. The minimum absolute atomic E-state index is 0.141. The third-order valence-electron chi connectivity index (χ3n) is 1.88. The van der Waals surface area contributed by atoms with Crippen molar-refractivity contribution in [2.45, 2.75) is 24.1 Å². The van der Waals surface area contributed by atoms with Crippen LogP contribution in [0.2, 0.25) is 0 Å². The molecule has 14 heavy (non-hydrogen) atoms. The van der Waals surface area contributed by atoms with Crippen molar-refractivity contribution in [1.29, 1.82) is 0 Å². The van der Waals surface area contributed by atoms with E-state index in [1.54, 1.807) is 0 Å². The fourth-order valence-electron chi connectivity index (χ4n) is 1.07. The van der Waals surface area contributed by atoms with Gasteiger partial charge in [0, 0.05) is 0 Å². The topological polar surface area (TPSA) is 9.23 Å². The lowest BCUT2D eigenvalue weighted by Crippen LogP contribution is -1.96. The van der Waals surface area contributed by atoms with Crippen LogP contribution in [0.5, 0.6) is 5.75 Å². The van der Waals surface area contributed by atoms with E-state index in [2.05, 4.69) is 22.9 Å². The summed E-state index contributed by atoms with van der Waals surface area (Å²) in [5.74, 6) is 0.890. The Kier molecular flexibility index (Phi) is 5.34. The highest BCUT2D eigenvalue weighted by Gasteiger charge is 2.03. The quantitative estimate of drug-likeness (QED) is 0.569. The van der Waals surface area contributed by atoms with Gasteiger partial charge in [-0.1, -0.05) is 41.4 Å².